The van der Waals surface area contributed by atoms with Crippen molar-refractivity contribution in [1.82, 2.24) is 19.8 Å². The second kappa shape index (κ2) is 16.7. The number of carboxylic acid groups (broad SMARTS) is 1. The Morgan fingerprint density at radius 3 is 1.69 bits per heavy atom. The quantitative estimate of drug-likeness (QED) is 0.267. The van der Waals surface area contributed by atoms with Gasteiger partial charge in [-0.05, 0) is 47.4 Å². The Balaban J connectivity index is 1.36. The van der Waals surface area contributed by atoms with E-state index in [4.69, 9.17) is 0 Å². The van der Waals surface area contributed by atoms with Crippen LogP contribution in [-0.2, 0) is 47.8 Å². The molecular weight excluding hydrogens is 648 g/mol. The van der Waals surface area contributed by atoms with Crippen molar-refractivity contribution in [3.63, 3.8) is 0 Å². The normalized spacial score (nSPS) is 23.0. The molecule has 5 aliphatic rings. The van der Waals surface area contributed by atoms with Gasteiger partial charge in [-0.25, -0.2) is 17.9 Å². The molecule has 2 atom stereocenters. The first kappa shape index (κ1) is 35.7. The summed E-state index contributed by atoms with van der Waals surface area (Å²) in [6.45, 7) is 4.41. The van der Waals surface area contributed by atoms with Crippen LogP contribution in [0.2, 0.25) is 0 Å². The molecule has 5 N–H and O–H groups in total. The highest BCUT2D eigenvalue weighted by atomic mass is 32.2. The lowest BCUT2D eigenvalue weighted by Crippen LogP contribution is -2.53. The highest BCUT2D eigenvalue weighted by Crippen LogP contribution is 2.16. The third-order valence-electron chi connectivity index (χ3n) is 8.58. The number of rotatable bonds is 5. The smallest absolute Gasteiger partial charge is 0.326 e. The average Bonchev–Trinajstić information content (AvgIpc) is 3.07. The molecule has 0 saturated carbocycles. The maximum absolute atomic E-state index is 13.6. The van der Waals surface area contributed by atoms with Gasteiger partial charge in [-0.15, -0.1) is 0 Å². The molecule has 49 heavy (non-hydrogen) atoms. The molecular formula is C35H42N6O7S. The minimum Gasteiger partial charge on any atom is -0.480 e. The molecule has 0 spiro atoms. The van der Waals surface area contributed by atoms with Crippen molar-refractivity contribution in [2.24, 2.45) is 0 Å². The first-order valence-corrected chi connectivity index (χ1v) is 18.0. The van der Waals surface area contributed by atoms with Gasteiger partial charge in [0, 0.05) is 69.9 Å². The van der Waals surface area contributed by atoms with E-state index in [2.05, 4.69) is 30.5 Å². The lowest BCUT2D eigenvalue weighted by molar-refractivity contribution is -0.142. The van der Waals surface area contributed by atoms with Crippen molar-refractivity contribution in [3.05, 3.63) is 95.6 Å². The number of fused-ring (bicyclic) bond motifs is 3. The molecule has 14 heteroatoms. The summed E-state index contributed by atoms with van der Waals surface area (Å²) >= 11 is 0. The molecule has 6 bridgehead atoms. The number of aliphatic carboxylic acids is 1. The number of nitrogens with zero attached hydrogens (tertiary/aromatic N) is 2. The Hall–Kier alpha value is -4.63. The monoisotopic (exact) mass is 690 g/mol. The number of benzene rings is 3. The van der Waals surface area contributed by atoms with E-state index in [0.29, 0.717) is 54.0 Å². The van der Waals surface area contributed by atoms with Gasteiger partial charge in [0.25, 0.3) is 0 Å². The zero-order valence-electron chi connectivity index (χ0n) is 27.1. The van der Waals surface area contributed by atoms with Gasteiger partial charge in [-0.2, -0.15) is 0 Å². The van der Waals surface area contributed by atoms with Gasteiger partial charge in [0.15, 0.2) is 0 Å². The number of amides is 3. The van der Waals surface area contributed by atoms with Crippen LogP contribution >= 0.6 is 0 Å². The minimum absolute atomic E-state index is 0.0687. The summed E-state index contributed by atoms with van der Waals surface area (Å²) in [7, 11) is -4.02. The zero-order valence-corrected chi connectivity index (χ0v) is 28.0. The molecule has 260 valence electrons. The molecule has 0 aliphatic carbocycles. The van der Waals surface area contributed by atoms with Crippen molar-refractivity contribution in [2.45, 2.75) is 43.5 Å². The molecule has 1 saturated heterocycles. The maximum Gasteiger partial charge on any atom is 0.326 e. The van der Waals surface area contributed by atoms with Gasteiger partial charge in [-0.1, -0.05) is 54.6 Å². The number of hydrogen-bond donors (Lipinski definition) is 5. The average molecular weight is 691 g/mol. The van der Waals surface area contributed by atoms with Gasteiger partial charge in [0.1, 0.15) is 12.1 Å². The number of piperazine rings is 1. The maximum atomic E-state index is 13.6. The Kier molecular flexibility index (Phi) is 12.1. The Labute approximate surface area is 286 Å². The van der Waals surface area contributed by atoms with Gasteiger partial charge in [0.05, 0.1) is 5.75 Å². The van der Waals surface area contributed by atoms with Crippen LogP contribution in [0.5, 0.6) is 0 Å². The largest absolute Gasteiger partial charge is 0.480 e. The van der Waals surface area contributed by atoms with Gasteiger partial charge < -0.3 is 30.9 Å². The molecule has 0 radical (unpaired) electrons. The number of nitrogens with one attached hydrogen (secondary N) is 4. The first-order chi connectivity index (χ1) is 23.5. The van der Waals surface area contributed by atoms with Crippen molar-refractivity contribution in [1.29, 1.82) is 0 Å². The fraction of sp³-hybridized carbons (Fsp3) is 0.371. The number of hydrogen-bond acceptors (Lipinski definition) is 8. The fourth-order valence-electron chi connectivity index (χ4n) is 5.83. The summed E-state index contributed by atoms with van der Waals surface area (Å²) in [5.74, 6) is -2.74. The van der Waals surface area contributed by atoms with Crippen LogP contribution in [0.1, 0.15) is 29.5 Å². The van der Waals surface area contributed by atoms with Crippen LogP contribution < -0.4 is 20.7 Å². The van der Waals surface area contributed by atoms with Crippen LogP contribution in [0.15, 0.2) is 78.9 Å². The number of carbonyl (C=O) groups is 4. The Bertz CT molecular complexity index is 1710. The standard InChI is InChI=1S/C35H42N6O7S/c42-32-14-16-40-18-20-41(21-19-40)17-15-33(43)37-29-12-8-26(9-13-29)23-31(35(45)46)38-34(44)30(22-25-6-10-28(36-32)11-7-25)39-49(47,48)24-27-4-2-1-3-5-27/h1-13,30-31,39H,14-24H2,(H,36,42)(H,37,43)(H,38,44)(H,45,46)/t30-,31+/m1/s1. The van der Waals surface area contributed by atoms with Crippen molar-refractivity contribution < 1.29 is 32.7 Å². The van der Waals surface area contributed by atoms with Gasteiger partial charge >= 0.3 is 5.97 Å². The van der Waals surface area contributed by atoms with Crippen LogP contribution in [0.4, 0.5) is 11.4 Å². The second-order valence-electron chi connectivity index (χ2n) is 12.4. The van der Waals surface area contributed by atoms with Crippen molar-refractivity contribution in [3.8, 4) is 0 Å². The molecule has 13 nitrogen and oxygen atoms in total. The molecule has 8 rings (SSSR count). The molecule has 3 amide bonds. The van der Waals surface area contributed by atoms with Crippen LogP contribution in [0.25, 0.3) is 0 Å². The molecule has 5 heterocycles. The molecule has 3 aromatic rings. The van der Waals surface area contributed by atoms with E-state index in [1.165, 1.54) is 0 Å². The highest BCUT2D eigenvalue weighted by Gasteiger charge is 2.29. The summed E-state index contributed by atoms with van der Waals surface area (Å²) in [4.78, 5) is 55.7. The SMILES string of the molecule is O=C1CCN2CCN(CCC(=O)Nc3ccc(cc3)C[C@@H](NS(=O)(=O)Cc3ccccc3)C(=O)N[C@H](C(=O)O)Cc3ccc(cc3)N1)CC2. The summed E-state index contributed by atoms with van der Waals surface area (Å²) < 4.78 is 28.9. The van der Waals surface area contributed by atoms with Crippen molar-refractivity contribution in [2.75, 3.05) is 49.9 Å². The molecule has 0 unspecified atom stereocenters. The summed E-state index contributed by atoms with van der Waals surface area (Å²) in [6, 6.07) is 19.3. The zero-order chi connectivity index (χ0) is 34.8. The second-order valence-corrected chi connectivity index (χ2v) is 14.2. The lowest BCUT2D eigenvalue weighted by Gasteiger charge is -2.34. The van der Waals surface area contributed by atoms with Gasteiger partial charge in [0.2, 0.25) is 27.7 Å². The minimum atomic E-state index is -4.02. The summed E-state index contributed by atoms with van der Waals surface area (Å²) in [5, 5.41) is 18.3. The van der Waals surface area contributed by atoms with Crippen LogP contribution in [0, 0.1) is 0 Å². The molecule has 1 fully saturated rings. The lowest BCUT2D eigenvalue weighted by atomic mass is 10.0. The van der Waals surface area contributed by atoms with E-state index in [-0.39, 0.29) is 30.4 Å². The molecule has 5 aliphatic heterocycles. The predicted octanol–water partition coefficient (Wildman–Crippen LogP) is 1.82. The number of carbonyl (C=O) groups excluding carboxylic acids is 3. The first-order valence-electron chi connectivity index (χ1n) is 16.3. The van der Waals surface area contributed by atoms with Gasteiger partial charge in [-0.3, -0.25) is 14.4 Å². The van der Waals surface area contributed by atoms with Crippen molar-refractivity contribution >= 4 is 45.1 Å². The third kappa shape index (κ3) is 11.2. The summed E-state index contributed by atoms with van der Waals surface area (Å²) in [6.07, 6.45) is 0.478. The highest BCUT2D eigenvalue weighted by molar-refractivity contribution is 7.88. The molecule has 3 aromatic carbocycles. The van der Waals surface area contributed by atoms with E-state index in [1.54, 1.807) is 78.9 Å². The van der Waals surface area contributed by atoms with Crippen LogP contribution in [0.3, 0.4) is 0 Å². The Morgan fingerprint density at radius 1 is 0.714 bits per heavy atom. The third-order valence-corrected chi connectivity index (χ3v) is 9.94. The van der Waals surface area contributed by atoms with E-state index in [0.717, 1.165) is 26.2 Å². The fourth-order valence-corrected chi connectivity index (χ4v) is 7.17. The predicted molar refractivity (Wildman–Crippen MR) is 185 cm³/mol. The number of carboxylic acids is 1. The van der Waals surface area contributed by atoms with E-state index >= 15 is 0 Å². The topological polar surface area (TPSA) is 177 Å². The van der Waals surface area contributed by atoms with E-state index < -0.39 is 34.0 Å². The number of anilines is 2. The van der Waals surface area contributed by atoms with E-state index in [1.807, 2.05) is 0 Å². The molecule has 0 aromatic heterocycles. The Morgan fingerprint density at radius 2 is 1.20 bits per heavy atom. The summed E-state index contributed by atoms with van der Waals surface area (Å²) in [5.41, 5.74) is 2.85. The van der Waals surface area contributed by atoms with Crippen LogP contribution in [-0.4, -0.2) is 98.4 Å². The number of sulfonamides is 1. The van der Waals surface area contributed by atoms with E-state index in [9.17, 15) is 32.7 Å².